The van der Waals surface area contributed by atoms with Crippen LogP contribution in [0.25, 0.3) is 0 Å². The summed E-state index contributed by atoms with van der Waals surface area (Å²) in [6, 6.07) is -3.01. The largest absolute Gasteiger partial charge is 0.370 e. The zero-order valence-corrected chi connectivity index (χ0v) is 21.9. The van der Waals surface area contributed by atoms with Crippen LogP contribution in [0, 0.1) is 5.92 Å². The minimum atomic E-state index is -1.34. The standard InChI is InChI=1S/C24H42N8O5/c1-4-15(2)19(25)21(36)20-23(37)32(3)12-7-5-6-10-18(35)31-22(17(34)13-29-20)30-16(14-33)9-8-11-28-24(26)27/h5,7,14-16,19-20,22,29-30H,4,6,8-13,25H2,1-3H3,(H,31,35)(H4,26,27,28)/b7-5+/t15-,16-,19+,20+,22-/m1/s1. The molecular formula is C24H42N8O5. The normalized spacial score (nSPS) is 23.2. The molecule has 13 heteroatoms. The number of likely N-dealkylation sites (N-methyl/N-ethyl adjacent to an activating group) is 1. The number of nitrogens with two attached hydrogens (primary N) is 3. The number of hydrogen-bond donors (Lipinski definition) is 6. The van der Waals surface area contributed by atoms with Gasteiger partial charge >= 0.3 is 0 Å². The molecule has 1 aliphatic heterocycles. The predicted octanol–water partition coefficient (Wildman–Crippen LogP) is -2.08. The summed E-state index contributed by atoms with van der Waals surface area (Å²) >= 11 is 0. The lowest BCUT2D eigenvalue weighted by atomic mass is 9.92. The van der Waals surface area contributed by atoms with Gasteiger partial charge in [0.25, 0.3) is 0 Å². The number of aliphatic imine (C=N–C) groups is 1. The van der Waals surface area contributed by atoms with Crippen LogP contribution in [0.15, 0.2) is 17.1 Å². The van der Waals surface area contributed by atoms with Crippen LogP contribution in [0.4, 0.5) is 0 Å². The number of rotatable bonds is 11. The molecule has 0 spiro atoms. The van der Waals surface area contributed by atoms with E-state index in [1.807, 2.05) is 13.8 Å². The topological polar surface area (TPSA) is 215 Å². The van der Waals surface area contributed by atoms with Gasteiger partial charge in [0.2, 0.25) is 11.8 Å². The Kier molecular flexibility index (Phi) is 14.3. The van der Waals surface area contributed by atoms with Crippen LogP contribution in [0.3, 0.4) is 0 Å². The molecule has 208 valence electrons. The molecule has 37 heavy (non-hydrogen) atoms. The smallest absolute Gasteiger partial charge is 0.247 e. The number of carbonyl (C=O) groups is 5. The Labute approximate surface area is 218 Å². The highest BCUT2D eigenvalue weighted by Crippen LogP contribution is 2.10. The highest BCUT2D eigenvalue weighted by molar-refractivity contribution is 6.08. The first kappa shape index (κ1) is 31.9. The first-order valence-electron chi connectivity index (χ1n) is 12.5. The van der Waals surface area contributed by atoms with E-state index >= 15 is 0 Å². The van der Waals surface area contributed by atoms with E-state index in [-0.39, 0.29) is 24.8 Å². The maximum Gasteiger partial charge on any atom is 0.247 e. The van der Waals surface area contributed by atoms with Crippen molar-refractivity contribution in [3.63, 3.8) is 0 Å². The Morgan fingerprint density at radius 2 is 2.00 bits per heavy atom. The summed E-state index contributed by atoms with van der Waals surface area (Å²) < 4.78 is 0. The highest BCUT2D eigenvalue weighted by Gasteiger charge is 2.35. The maximum absolute atomic E-state index is 13.1. The first-order chi connectivity index (χ1) is 17.5. The zero-order chi connectivity index (χ0) is 28.0. The fourth-order valence-corrected chi connectivity index (χ4v) is 3.59. The van der Waals surface area contributed by atoms with Gasteiger partial charge < -0.3 is 32.2 Å². The Bertz CT molecular complexity index is 858. The van der Waals surface area contributed by atoms with Crippen molar-refractivity contribution >= 4 is 35.6 Å². The maximum atomic E-state index is 13.1. The second-order valence-electron chi connectivity index (χ2n) is 9.18. The van der Waals surface area contributed by atoms with Gasteiger partial charge in [0.15, 0.2) is 17.5 Å². The lowest BCUT2D eigenvalue weighted by molar-refractivity contribution is -0.138. The van der Waals surface area contributed by atoms with Crippen molar-refractivity contribution in [1.82, 2.24) is 20.9 Å². The van der Waals surface area contributed by atoms with Crippen molar-refractivity contribution < 1.29 is 24.0 Å². The van der Waals surface area contributed by atoms with Crippen molar-refractivity contribution in [2.24, 2.45) is 28.1 Å². The van der Waals surface area contributed by atoms with Gasteiger partial charge in [0, 0.05) is 26.6 Å². The molecule has 0 aliphatic carbocycles. The second-order valence-corrected chi connectivity index (χ2v) is 9.18. The number of hydrogen-bond acceptors (Lipinski definition) is 9. The Balaban J connectivity index is 3.13. The molecule has 13 nitrogen and oxygen atoms in total. The Hall–Kier alpha value is -3.16. The zero-order valence-electron chi connectivity index (χ0n) is 21.9. The van der Waals surface area contributed by atoms with Gasteiger partial charge in [-0.05, 0) is 25.2 Å². The van der Waals surface area contributed by atoms with Crippen molar-refractivity contribution in [1.29, 1.82) is 0 Å². The van der Waals surface area contributed by atoms with Crippen molar-refractivity contribution in [3.8, 4) is 0 Å². The molecule has 0 aromatic carbocycles. The third kappa shape index (κ3) is 11.2. The summed E-state index contributed by atoms with van der Waals surface area (Å²) in [7, 11) is 1.55. The third-order valence-corrected chi connectivity index (χ3v) is 6.20. The molecule has 0 fully saturated rings. The molecule has 0 aromatic rings. The number of amides is 2. The molecule has 1 heterocycles. The average molecular weight is 523 g/mol. The number of nitrogens with zero attached hydrogens (tertiary/aromatic N) is 2. The number of carbonyl (C=O) groups excluding carboxylic acids is 5. The van der Waals surface area contributed by atoms with E-state index in [9.17, 15) is 24.0 Å². The highest BCUT2D eigenvalue weighted by atomic mass is 16.2. The van der Waals surface area contributed by atoms with Gasteiger partial charge in [-0.1, -0.05) is 32.4 Å². The fourth-order valence-electron chi connectivity index (χ4n) is 3.59. The van der Waals surface area contributed by atoms with E-state index in [0.29, 0.717) is 38.5 Å². The van der Waals surface area contributed by atoms with Crippen LogP contribution in [-0.2, 0) is 24.0 Å². The van der Waals surface area contributed by atoms with E-state index in [4.69, 9.17) is 17.2 Å². The van der Waals surface area contributed by atoms with E-state index in [0.717, 1.165) is 0 Å². The molecule has 0 unspecified atom stereocenters. The molecule has 0 bridgehead atoms. The molecule has 1 rings (SSSR count). The van der Waals surface area contributed by atoms with E-state index in [1.165, 1.54) is 4.90 Å². The van der Waals surface area contributed by atoms with Gasteiger partial charge in [-0.3, -0.25) is 34.8 Å². The summed E-state index contributed by atoms with van der Waals surface area (Å²) in [6.07, 6.45) is 4.77. The summed E-state index contributed by atoms with van der Waals surface area (Å²) in [5, 5.41) is 8.19. The Morgan fingerprint density at radius 1 is 1.30 bits per heavy atom. The molecule has 0 aromatic heterocycles. The lowest BCUT2D eigenvalue weighted by Gasteiger charge is -2.28. The number of nitrogens with one attached hydrogen (secondary N) is 3. The van der Waals surface area contributed by atoms with Crippen molar-refractivity contribution in [2.75, 3.05) is 26.7 Å². The van der Waals surface area contributed by atoms with Crippen LogP contribution in [0.1, 0.15) is 46.0 Å². The molecule has 9 N–H and O–H groups in total. The predicted molar refractivity (Wildman–Crippen MR) is 140 cm³/mol. The summed E-state index contributed by atoms with van der Waals surface area (Å²) in [4.78, 5) is 68.7. The van der Waals surface area contributed by atoms with E-state index in [1.54, 1.807) is 19.2 Å². The summed E-state index contributed by atoms with van der Waals surface area (Å²) in [6.45, 7) is 3.81. The van der Waals surface area contributed by atoms with E-state index in [2.05, 4.69) is 20.9 Å². The minimum Gasteiger partial charge on any atom is -0.370 e. The SMILES string of the molecule is CC[C@@H](C)[C@H](N)C(=O)[C@@H]1NCC(=O)[C@H](N[C@@H](C=O)CCCN=C(N)N)NC(=O)CC/C=C/CN(C)C1=O. The van der Waals surface area contributed by atoms with E-state index < -0.39 is 54.2 Å². The number of allylic oxidation sites excluding steroid dienone is 1. The summed E-state index contributed by atoms with van der Waals surface area (Å²) in [5.74, 6) is -2.22. The Morgan fingerprint density at radius 3 is 2.62 bits per heavy atom. The number of guanidine groups is 1. The van der Waals surface area contributed by atoms with Crippen LogP contribution < -0.4 is 33.2 Å². The average Bonchev–Trinajstić information content (AvgIpc) is 2.87. The van der Waals surface area contributed by atoms with Gasteiger partial charge in [0.1, 0.15) is 18.5 Å². The quantitative estimate of drug-likeness (QED) is 0.0434. The van der Waals surface area contributed by atoms with Crippen molar-refractivity contribution in [2.45, 2.75) is 70.2 Å². The van der Waals surface area contributed by atoms with Gasteiger partial charge in [-0.15, -0.1) is 0 Å². The second kappa shape index (κ2) is 16.6. The fraction of sp³-hybridized carbons (Fsp3) is 0.667. The number of aldehydes is 1. The molecular weight excluding hydrogens is 480 g/mol. The van der Waals surface area contributed by atoms with Gasteiger partial charge in [0.05, 0.1) is 18.6 Å². The van der Waals surface area contributed by atoms with Gasteiger partial charge in [-0.2, -0.15) is 0 Å². The molecule has 1 aliphatic rings. The third-order valence-electron chi connectivity index (χ3n) is 6.20. The molecule has 5 atom stereocenters. The molecule has 0 saturated heterocycles. The first-order valence-corrected chi connectivity index (χ1v) is 12.5. The number of Topliss-reactive ketones (excluding diaryl/α,β-unsaturated/α-hetero) is 2. The van der Waals surface area contributed by atoms with Crippen LogP contribution in [0.5, 0.6) is 0 Å². The summed E-state index contributed by atoms with van der Waals surface area (Å²) in [5.41, 5.74) is 16.7. The van der Waals surface area contributed by atoms with Crippen LogP contribution in [-0.4, -0.2) is 91.5 Å². The monoisotopic (exact) mass is 522 g/mol. The van der Waals surface area contributed by atoms with Crippen LogP contribution in [0.2, 0.25) is 0 Å². The minimum absolute atomic E-state index is 0.0680. The van der Waals surface area contributed by atoms with Crippen molar-refractivity contribution in [3.05, 3.63) is 12.2 Å². The van der Waals surface area contributed by atoms with Crippen LogP contribution >= 0.6 is 0 Å². The van der Waals surface area contributed by atoms with Gasteiger partial charge in [-0.25, -0.2) is 0 Å². The number of ketones is 2. The molecule has 0 saturated carbocycles. The molecule has 2 amide bonds. The lowest BCUT2D eigenvalue weighted by Crippen LogP contribution is -2.60. The molecule has 0 radical (unpaired) electrons.